The second kappa shape index (κ2) is 5.64. The van der Waals surface area contributed by atoms with Crippen molar-refractivity contribution < 1.29 is 9.59 Å². The van der Waals surface area contributed by atoms with Crippen LogP contribution in [0, 0.1) is 0 Å². The number of hydrogen-bond donors (Lipinski definition) is 1. The quantitative estimate of drug-likeness (QED) is 0.922. The highest BCUT2D eigenvalue weighted by Gasteiger charge is 2.28. The van der Waals surface area contributed by atoms with Gasteiger partial charge in [0.2, 0.25) is 5.91 Å². The van der Waals surface area contributed by atoms with Gasteiger partial charge in [-0.05, 0) is 35.9 Å². The van der Waals surface area contributed by atoms with E-state index >= 15 is 0 Å². The highest BCUT2D eigenvalue weighted by molar-refractivity contribution is 6.05. The third-order valence-corrected chi connectivity index (χ3v) is 3.98. The predicted octanol–water partition coefficient (Wildman–Crippen LogP) is 3.41. The largest absolute Gasteiger partial charge is 0.322 e. The smallest absolute Gasteiger partial charge is 0.255 e. The van der Waals surface area contributed by atoms with Crippen LogP contribution < -0.4 is 10.2 Å². The molecule has 3 rings (SSSR count). The number of fused-ring (bicyclic) bond motifs is 1. The highest BCUT2D eigenvalue weighted by Crippen LogP contribution is 2.36. The monoisotopic (exact) mass is 294 g/mol. The van der Waals surface area contributed by atoms with E-state index < -0.39 is 0 Å². The Kier molecular flexibility index (Phi) is 3.67. The van der Waals surface area contributed by atoms with E-state index in [-0.39, 0.29) is 17.7 Å². The summed E-state index contributed by atoms with van der Waals surface area (Å²) in [6.45, 7) is 4.31. The lowest BCUT2D eigenvalue weighted by Crippen LogP contribution is -2.26. The zero-order chi connectivity index (χ0) is 15.7. The molecule has 0 saturated heterocycles. The summed E-state index contributed by atoms with van der Waals surface area (Å²) in [5.74, 6) is 0.137. The van der Waals surface area contributed by atoms with Crippen LogP contribution in [-0.2, 0) is 4.79 Å². The van der Waals surface area contributed by atoms with Gasteiger partial charge in [0.05, 0.1) is 0 Å². The minimum absolute atomic E-state index is 0.0343. The summed E-state index contributed by atoms with van der Waals surface area (Å²) < 4.78 is 0. The predicted molar refractivity (Wildman–Crippen MR) is 87.3 cm³/mol. The average molecular weight is 294 g/mol. The van der Waals surface area contributed by atoms with Crippen LogP contribution in [0.5, 0.6) is 0 Å². The fourth-order valence-electron chi connectivity index (χ4n) is 2.83. The SMILES string of the molecule is CC(=O)N1CC(C)c2cc(C(=O)Nc3ccccc3)ccc21. The Balaban J connectivity index is 1.86. The Morgan fingerprint density at radius 2 is 1.86 bits per heavy atom. The maximum atomic E-state index is 12.3. The third-order valence-electron chi connectivity index (χ3n) is 3.98. The van der Waals surface area contributed by atoms with E-state index in [1.165, 1.54) is 0 Å². The minimum Gasteiger partial charge on any atom is -0.322 e. The summed E-state index contributed by atoms with van der Waals surface area (Å²) in [5.41, 5.74) is 3.35. The summed E-state index contributed by atoms with van der Waals surface area (Å²) in [4.78, 5) is 25.8. The number of nitrogens with zero attached hydrogens (tertiary/aromatic N) is 1. The van der Waals surface area contributed by atoms with Crippen molar-refractivity contribution >= 4 is 23.2 Å². The summed E-state index contributed by atoms with van der Waals surface area (Å²) in [7, 11) is 0. The van der Waals surface area contributed by atoms with E-state index in [4.69, 9.17) is 0 Å². The Hall–Kier alpha value is -2.62. The number of carbonyl (C=O) groups is 2. The van der Waals surface area contributed by atoms with Crippen molar-refractivity contribution in [3.63, 3.8) is 0 Å². The number of carbonyl (C=O) groups excluding carboxylic acids is 2. The first-order chi connectivity index (χ1) is 10.6. The first-order valence-corrected chi connectivity index (χ1v) is 7.34. The molecule has 2 aromatic rings. The fraction of sp³-hybridized carbons (Fsp3) is 0.222. The molecule has 1 N–H and O–H groups in total. The Bertz CT molecular complexity index is 725. The number of hydrogen-bond acceptors (Lipinski definition) is 2. The number of nitrogens with one attached hydrogen (secondary N) is 1. The van der Waals surface area contributed by atoms with Gasteiger partial charge in [0, 0.05) is 36.3 Å². The number of amides is 2. The number of anilines is 2. The van der Waals surface area contributed by atoms with E-state index in [0.29, 0.717) is 12.1 Å². The summed E-state index contributed by atoms with van der Waals surface area (Å²) in [6, 6.07) is 14.9. The molecule has 0 spiro atoms. The molecule has 0 saturated carbocycles. The molecule has 0 bridgehead atoms. The van der Waals surface area contributed by atoms with Gasteiger partial charge in [-0.2, -0.15) is 0 Å². The van der Waals surface area contributed by atoms with Gasteiger partial charge in [0.1, 0.15) is 0 Å². The Morgan fingerprint density at radius 1 is 1.14 bits per heavy atom. The molecule has 1 aliphatic rings. The van der Waals surface area contributed by atoms with Crippen molar-refractivity contribution in [2.24, 2.45) is 0 Å². The number of benzene rings is 2. The molecule has 1 aliphatic heterocycles. The van der Waals surface area contributed by atoms with Crippen LogP contribution in [0.1, 0.15) is 35.7 Å². The van der Waals surface area contributed by atoms with Gasteiger partial charge in [0.25, 0.3) is 5.91 Å². The van der Waals surface area contributed by atoms with Crippen molar-refractivity contribution in [1.29, 1.82) is 0 Å². The number of rotatable bonds is 2. The normalized spacial score (nSPS) is 16.3. The van der Waals surface area contributed by atoms with Gasteiger partial charge in [-0.25, -0.2) is 0 Å². The molecule has 112 valence electrons. The zero-order valence-corrected chi connectivity index (χ0v) is 12.7. The average Bonchev–Trinajstić information content (AvgIpc) is 2.85. The van der Waals surface area contributed by atoms with Gasteiger partial charge in [-0.15, -0.1) is 0 Å². The van der Waals surface area contributed by atoms with Crippen molar-refractivity contribution in [2.75, 3.05) is 16.8 Å². The van der Waals surface area contributed by atoms with Crippen molar-refractivity contribution in [3.05, 3.63) is 59.7 Å². The molecule has 1 heterocycles. The second-order valence-corrected chi connectivity index (χ2v) is 5.62. The van der Waals surface area contributed by atoms with Gasteiger partial charge in [-0.1, -0.05) is 25.1 Å². The van der Waals surface area contributed by atoms with Crippen molar-refractivity contribution in [1.82, 2.24) is 0 Å². The molecule has 4 nitrogen and oxygen atoms in total. The zero-order valence-electron chi connectivity index (χ0n) is 12.7. The fourth-order valence-corrected chi connectivity index (χ4v) is 2.83. The Morgan fingerprint density at radius 3 is 2.55 bits per heavy atom. The maximum absolute atomic E-state index is 12.3. The molecule has 2 aromatic carbocycles. The van der Waals surface area contributed by atoms with Crippen LogP contribution in [-0.4, -0.2) is 18.4 Å². The van der Waals surface area contributed by atoms with E-state index in [0.717, 1.165) is 16.9 Å². The van der Waals surface area contributed by atoms with E-state index in [2.05, 4.69) is 12.2 Å². The first kappa shape index (κ1) is 14.3. The standard InChI is InChI=1S/C18H18N2O2/c1-12-11-20(13(2)21)17-9-8-14(10-16(12)17)18(22)19-15-6-4-3-5-7-15/h3-10,12H,11H2,1-2H3,(H,19,22). The van der Waals surface area contributed by atoms with Gasteiger partial charge < -0.3 is 10.2 Å². The molecule has 0 radical (unpaired) electrons. The van der Waals surface area contributed by atoms with Crippen LogP contribution in [0.2, 0.25) is 0 Å². The Labute approximate surface area is 129 Å². The molecule has 1 atom stereocenters. The lowest BCUT2D eigenvalue weighted by Gasteiger charge is -2.14. The molecule has 0 fully saturated rings. The molecule has 4 heteroatoms. The molecule has 1 unspecified atom stereocenters. The van der Waals surface area contributed by atoms with Crippen molar-refractivity contribution in [2.45, 2.75) is 19.8 Å². The molecule has 0 aliphatic carbocycles. The van der Waals surface area contributed by atoms with Crippen LogP contribution in [0.3, 0.4) is 0 Å². The van der Waals surface area contributed by atoms with Gasteiger partial charge >= 0.3 is 0 Å². The summed E-state index contributed by atoms with van der Waals surface area (Å²) >= 11 is 0. The summed E-state index contributed by atoms with van der Waals surface area (Å²) in [5, 5.41) is 2.88. The molecular formula is C18H18N2O2. The minimum atomic E-state index is -0.137. The third kappa shape index (κ3) is 2.60. The lowest BCUT2D eigenvalue weighted by atomic mass is 10.0. The molecular weight excluding hydrogens is 276 g/mol. The van der Waals surface area contributed by atoms with Gasteiger partial charge in [-0.3, -0.25) is 9.59 Å². The molecule has 0 aromatic heterocycles. The van der Waals surface area contributed by atoms with E-state index in [1.807, 2.05) is 42.5 Å². The highest BCUT2D eigenvalue weighted by atomic mass is 16.2. The van der Waals surface area contributed by atoms with Gasteiger partial charge in [0.15, 0.2) is 0 Å². The lowest BCUT2D eigenvalue weighted by molar-refractivity contribution is -0.116. The van der Waals surface area contributed by atoms with Crippen LogP contribution in [0.15, 0.2) is 48.5 Å². The molecule has 2 amide bonds. The maximum Gasteiger partial charge on any atom is 0.255 e. The molecule has 22 heavy (non-hydrogen) atoms. The van der Waals surface area contributed by atoms with Crippen LogP contribution in [0.4, 0.5) is 11.4 Å². The van der Waals surface area contributed by atoms with E-state index in [1.54, 1.807) is 17.9 Å². The van der Waals surface area contributed by atoms with Crippen molar-refractivity contribution in [3.8, 4) is 0 Å². The first-order valence-electron chi connectivity index (χ1n) is 7.34. The summed E-state index contributed by atoms with van der Waals surface area (Å²) in [6.07, 6.45) is 0. The number of para-hydroxylation sites is 1. The van der Waals surface area contributed by atoms with Crippen LogP contribution >= 0.6 is 0 Å². The second-order valence-electron chi connectivity index (χ2n) is 5.62. The topological polar surface area (TPSA) is 49.4 Å². The van der Waals surface area contributed by atoms with Crippen LogP contribution in [0.25, 0.3) is 0 Å². The van der Waals surface area contributed by atoms with E-state index in [9.17, 15) is 9.59 Å².